The molecule has 0 atom stereocenters. The van der Waals surface area contributed by atoms with E-state index in [1.165, 1.54) is 6.33 Å². The summed E-state index contributed by atoms with van der Waals surface area (Å²) in [5, 5.41) is 10.5. The average Bonchev–Trinajstić information content (AvgIpc) is 2.75. The zero-order valence-electron chi connectivity index (χ0n) is 10.3. The lowest BCUT2D eigenvalue weighted by atomic mass is 10.0. The molecule has 5 nitrogen and oxygen atoms in total. The molecule has 1 aromatic heterocycles. The Labute approximate surface area is 111 Å². The third kappa shape index (κ3) is 2.62. The quantitative estimate of drug-likeness (QED) is 0.665. The minimum Gasteiger partial charge on any atom is -0.388 e. The molecular weight excluding hydrogens is 254 g/mol. The second-order valence-corrected chi connectivity index (χ2v) is 5.17. The predicted molar refractivity (Wildman–Crippen MR) is 69.1 cm³/mol. The molecule has 0 aliphatic heterocycles. The maximum atomic E-state index is 11.0. The number of hydrogen-bond acceptors (Lipinski definition) is 5. The van der Waals surface area contributed by atoms with Gasteiger partial charge in [-0.1, -0.05) is 24.4 Å². The fourth-order valence-corrected chi connectivity index (χ4v) is 2.65. The Hall–Kier alpha value is -1.20. The van der Waals surface area contributed by atoms with Gasteiger partial charge in [0.1, 0.15) is 17.3 Å². The number of rotatable bonds is 4. The van der Waals surface area contributed by atoms with Crippen molar-refractivity contribution in [3.05, 3.63) is 17.0 Å². The van der Waals surface area contributed by atoms with Crippen molar-refractivity contribution in [1.82, 2.24) is 9.97 Å². The van der Waals surface area contributed by atoms with E-state index in [4.69, 9.17) is 11.6 Å². The van der Waals surface area contributed by atoms with Crippen LogP contribution < -0.4 is 4.90 Å². The van der Waals surface area contributed by atoms with Crippen molar-refractivity contribution < 1.29 is 9.90 Å². The maximum absolute atomic E-state index is 11.0. The molecule has 0 amide bonds. The molecule has 0 bridgehead atoms. The molecule has 1 aliphatic carbocycles. The molecule has 2 rings (SSSR count). The Morgan fingerprint density at radius 2 is 2.17 bits per heavy atom. The summed E-state index contributed by atoms with van der Waals surface area (Å²) in [5.74, 6) is 0.463. The van der Waals surface area contributed by atoms with Crippen LogP contribution in [0.4, 0.5) is 5.82 Å². The summed E-state index contributed by atoms with van der Waals surface area (Å²) in [5.41, 5.74) is -0.421. The molecule has 18 heavy (non-hydrogen) atoms. The van der Waals surface area contributed by atoms with Gasteiger partial charge in [-0.25, -0.2) is 9.97 Å². The predicted octanol–water partition coefficient (Wildman–Crippen LogP) is 1.68. The molecule has 1 heterocycles. The second-order valence-electron chi connectivity index (χ2n) is 4.81. The van der Waals surface area contributed by atoms with E-state index in [1.807, 2.05) is 0 Å². The van der Waals surface area contributed by atoms with Crippen LogP contribution in [0.5, 0.6) is 0 Å². The highest BCUT2D eigenvalue weighted by Gasteiger charge is 2.33. The lowest BCUT2D eigenvalue weighted by molar-refractivity contribution is 0.0557. The highest BCUT2D eigenvalue weighted by Crippen LogP contribution is 2.31. The van der Waals surface area contributed by atoms with Crippen LogP contribution in [0, 0.1) is 0 Å². The number of carbonyl (C=O) groups is 1. The van der Waals surface area contributed by atoms with Crippen molar-refractivity contribution >= 4 is 23.7 Å². The van der Waals surface area contributed by atoms with Gasteiger partial charge in [-0.15, -0.1) is 0 Å². The van der Waals surface area contributed by atoms with Gasteiger partial charge < -0.3 is 10.0 Å². The molecule has 98 valence electrons. The third-order valence-electron chi connectivity index (χ3n) is 3.36. The fourth-order valence-electron chi connectivity index (χ4n) is 2.48. The van der Waals surface area contributed by atoms with Crippen LogP contribution in [0.15, 0.2) is 6.33 Å². The van der Waals surface area contributed by atoms with Crippen LogP contribution in [-0.2, 0) is 0 Å². The van der Waals surface area contributed by atoms with E-state index in [0.717, 1.165) is 25.7 Å². The summed E-state index contributed by atoms with van der Waals surface area (Å²) in [7, 11) is 1.79. The van der Waals surface area contributed by atoms with Crippen molar-refractivity contribution in [3.8, 4) is 0 Å². The minimum absolute atomic E-state index is 0.139. The SMILES string of the molecule is CN(CC1(O)CCCC1)c1ncnc(Cl)c1C=O. The van der Waals surface area contributed by atoms with E-state index in [1.54, 1.807) is 11.9 Å². The first-order valence-electron chi connectivity index (χ1n) is 5.95. The van der Waals surface area contributed by atoms with Crippen molar-refractivity contribution in [2.75, 3.05) is 18.5 Å². The van der Waals surface area contributed by atoms with Crippen LogP contribution in [-0.4, -0.2) is 40.6 Å². The van der Waals surface area contributed by atoms with E-state index in [2.05, 4.69) is 9.97 Å². The number of aliphatic hydroxyl groups is 1. The molecule has 6 heteroatoms. The molecule has 0 unspecified atom stereocenters. The first-order chi connectivity index (χ1) is 8.56. The molecule has 0 saturated heterocycles. The van der Waals surface area contributed by atoms with Crippen LogP contribution >= 0.6 is 11.6 Å². The third-order valence-corrected chi connectivity index (χ3v) is 3.66. The van der Waals surface area contributed by atoms with Gasteiger partial charge in [0, 0.05) is 13.6 Å². The average molecular weight is 270 g/mol. The van der Waals surface area contributed by atoms with Crippen LogP contribution in [0.2, 0.25) is 5.15 Å². The Kier molecular flexibility index (Phi) is 3.82. The number of hydrogen-bond donors (Lipinski definition) is 1. The first kappa shape index (κ1) is 13.2. The van der Waals surface area contributed by atoms with E-state index >= 15 is 0 Å². The molecule has 0 aromatic carbocycles. The normalized spacial score (nSPS) is 17.7. The molecular formula is C12H16ClN3O2. The van der Waals surface area contributed by atoms with Gasteiger partial charge in [0.15, 0.2) is 6.29 Å². The number of likely N-dealkylation sites (N-methyl/N-ethyl adjacent to an activating group) is 1. The number of aldehydes is 1. The Balaban J connectivity index is 2.20. The maximum Gasteiger partial charge on any atom is 0.156 e. The largest absolute Gasteiger partial charge is 0.388 e. The van der Waals surface area contributed by atoms with E-state index < -0.39 is 5.60 Å². The number of halogens is 1. The van der Waals surface area contributed by atoms with Crippen molar-refractivity contribution in [2.24, 2.45) is 0 Å². The van der Waals surface area contributed by atoms with Crippen LogP contribution in [0.25, 0.3) is 0 Å². The Morgan fingerprint density at radius 1 is 1.50 bits per heavy atom. The van der Waals surface area contributed by atoms with E-state index in [-0.39, 0.29) is 10.7 Å². The number of anilines is 1. The van der Waals surface area contributed by atoms with Gasteiger partial charge in [0.05, 0.1) is 11.2 Å². The molecule has 1 saturated carbocycles. The minimum atomic E-state index is -0.688. The number of nitrogens with zero attached hydrogens (tertiary/aromatic N) is 3. The monoisotopic (exact) mass is 269 g/mol. The lowest BCUT2D eigenvalue weighted by Crippen LogP contribution is -2.40. The zero-order chi connectivity index (χ0) is 13.2. The van der Waals surface area contributed by atoms with E-state index in [0.29, 0.717) is 18.6 Å². The summed E-state index contributed by atoms with van der Waals surface area (Å²) >= 11 is 5.85. The van der Waals surface area contributed by atoms with Gasteiger partial charge in [0.25, 0.3) is 0 Å². The smallest absolute Gasteiger partial charge is 0.156 e. The van der Waals surface area contributed by atoms with Gasteiger partial charge in [-0.3, -0.25) is 4.79 Å². The van der Waals surface area contributed by atoms with E-state index in [9.17, 15) is 9.90 Å². The second kappa shape index (κ2) is 5.20. The molecule has 1 fully saturated rings. The molecule has 0 spiro atoms. The van der Waals surface area contributed by atoms with Gasteiger partial charge in [-0.05, 0) is 12.8 Å². The van der Waals surface area contributed by atoms with Gasteiger partial charge in [-0.2, -0.15) is 0 Å². The van der Waals surface area contributed by atoms with Crippen LogP contribution in [0.3, 0.4) is 0 Å². The van der Waals surface area contributed by atoms with Crippen molar-refractivity contribution in [1.29, 1.82) is 0 Å². The highest BCUT2D eigenvalue weighted by molar-refractivity contribution is 6.32. The van der Waals surface area contributed by atoms with Crippen molar-refractivity contribution in [2.45, 2.75) is 31.3 Å². The molecule has 1 aliphatic rings. The summed E-state index contributed by atoms with van der Waals surface area (Å²) in [6, 6.07) is 0. The summed E-state index contributed by atoms with van der Waals surface area (Å²) < 4.78 is 0. The Morgan fingerprint density at radius 3 is 2.78 bits per heavy atom. The zero-order valence-corrected chi connectivity index (χ0v) is 11.0. The van der Waals surface area contributed by atoms with Gasteiger partial charge >= 0.3 is 0 Å². The summed E-state index contributed by atoms with van der Waals surface area (Å²) in [6.07, 6.45) is 5.61. The first-order valence-corrected chi connectivity index (χ1v) is 6.33. The molecule has 1 aromatic rings. The number of carbonyl (C=O) groups excluding carboxylic acids is 1. The van der Waals surface area contributed by atoms with Crippen LogP contribution in [0.1, 0.15) is 36.0 Å². The standard InChI is InChI=1S/C12H16ClN3O2/c1-16(7-12(18)4-2-3-5-12)11-9(6-17)10(13)14-8-15-11/h6,8,18H,2-5,7H2,1H3. The van der Waals surface area contributed by atoms with Crippen molar-refractivity contribution in [3.63, 3.8) is 0 Å². The summed E-state index contributed by atoms with van der Waals surface area (Å²) in [6.45, 7) is 0.446. The highest BCUT2D eigenvalue weighted by atomic mass is 35.5. The molecule has 1 N–H and O–H groups in total. The number of aromatic nitrogens is 2. The Bertz CT molecular complexity index is 447. The fraction of sp³-hybridized carbons (Fsp3) is 0.583. The van der Waals surface area contributed by atoms with Gasteiger partial charge in [0.2, 0.25) is 0 Å². The summed E-state index contributed by atoms with van der Waals surface area (Å²) in [4.78, 5) is 20.6. The topological polar surface area (TPSA) is 66.3 Å². The molecule has 0 radical (unpaired) electrons. The lowest BCUT2D eigenvalue weighted by Gasteiger charge is -2.29.